The van der Waals surface area contributed by atoms with Crippen LogP contribution >= 0.6 is 0 Å². The fourth-order valence-electron chi connectivity index (χ4n) is 3.89. The molecule has 0 aromatic heterocycles. The van der Waals surface area contributed by atoms with Crippen LogP contribution in [0.5, 0.6) is 11.5 Å². The van der Waals surface area contributed by atoms with Crippen LogP contribution in [0.3, 0.4) is 0 Å². The summed E-state index contributed by atoms with van der Waals surface area (Å²) in [6, 6.07) is 5.63. The molecule has 2 aliphatic heterocycles. The van der Waals surface area contributed by atoms with E-state index in [0.29, 0.717) is 24.8 Å². The Balaban J connectivity index is 1.50. The minimum atomic E-state index is -2.88. The van der Waals surface area contributed by atoms with Crippen molar-refractivity contribution in [1.82, 2.24) is 15.1 Å². The number of nitrogens with zero attached hydrogens (tertiary/aromatic N) is 3. The standard InChI is InChI=1S/C20H30F2N4O3/c1-23-20(26-8-6-16(14-26)25-9-11-28-12-10-25)24-7-5-15-3-4-17(27-2)18(13-15)29-19(21)22/h3-4,13,16,19H,5-12,14H2,1-2H3,(H,23,24). The van der Waals surface area contributed by atoms with Crippen LogP contribution in [-0.4, -0.2) is 88.5 Å². The van der Waals surface area contributed by atoms with Crippen LogP contribution in [0.15, 0.2) is 23.2 Å². The lowest BCUT2D eigenvalue weighted by molar-refractivity contribution is -0.0512. The predicted molar refractivity (Wildman–Crippen MR) is 107 cm³/mol. The van der Waals surface area contributed by atoms with Gasteiger partial charge in [-0.2, -0.15) is 8.78 Å². The molecule has 162 valence electrons. The van der Waals surface area contributed by atoms with Gasteiger partial charge in [0, 0.05) is 45.8 Å². The molecular formula is C20H30F2N4O3. The number of likely N-dealkylation sites (tertiary alicyclic amines) is 1. The number of ether oxygens (including phenoxy) is 3. The number of hydrogen-bond acceptors (Lipinski definition) is 5. The zero-order chi connectivity index (χ0) is 20.6. The summed E-state index contributed by atoms with van der Waals surface area (Å²) < 4.78 is 40.3. The van der Waals surface area contributed by atoms with Gasteiger partial charge in [-0.25, -0.2) is 0 Å². The summed E-state index contributed by atoms with van der Waals surface area (Å²) in [5.41, 5.74) is 0.886. The average molecular weight is 412 g/mol. The Hall–Kier alpha value is -2.13. The molecule has 1 N–H and O–H groups in total. The van der Waals surface area contributed by atoms with Crippen molar-refractivity contribution in [2.75, 3.05) is 60.1 Å². The maximum absolute atomic E-state index is 12.6. The Labute approximate surface area is 170 Å². The quantitative estimate of drug-likeness (QED) is 0.545. The molecule has 1 aromatic carbocycles. The molecule has 3 rings (SSSR count). The number of rotatable bonds is 7. The van der Waals surface area contributed by atoms with Gasteiger partial charge in [0.15, 0.2) is 17.5 Å². The van der Waals surface area contributed by atoms with Gasteiger partial charge in [-0.3, -0.25) is 9.89 Å². The van der Waals surface area contributed by atoms with E-state index in [9.17, 15) is 8.78 Å². The number of benzene rings is 1. The molecule has 2 aliphatic rings. The average Bonchev–Trinajstić information content (AvgIpc) is 3.22. The summed E-state index contributed by atoms with van der Waals surface area (Å²) in [5, 5.41) is 3.38. The molecule has 0 saturated carbocycles. The maximum atomic E-state index is 12.6. The van der Waals surface area contributed by atoms with Gasteiger partial charge in [0.25, 0.3) is 0 Å². The van der Waals surface area contributed by atoms with Crippen molar-refractivity contribution >= 4 is 5.96 Å². The van der Waals surface area contributed by atoms with Crippen LogP contribution in [0.1, 0.15) is 12.0 Å². The molecular weight excluding hydrogens is 382 g/mol. The fraction of sp³-hybridized carbons (Fsp3) is 0.650. The topological polar surface area (TPSA) is 58.6 Å². The number of morpholine rings is 1. The van der Waals surface area contributed by atoms with Crippen molar-refractivity contribution in [3.05, 3.63) is 23.8 Å². The summed E-state index contributed by atoms with van der Waals surface area (Å²) in [4.78, 5) is 9.19. The second-order valence-corrected chi connectivity index (χ2v) is 7.12. The largest absolute Gasteiger partial charge is 0.493 e. The SMILES string of the molecule is CN=C(NCCc1ccc(OC)c(OC(F)F)c1)N1CCC(N2CCOCC2)C1. The molecule has 1 aromatic rings. The van der Waals surface area contributed by atoms with Crippen molar-refractivity contribution in [3.8, 4) is 11.5 Å². The number of methoxy groups -OCH3 is 1. The molecule has 2 heterocycles. The van der Waals surface area contributed by atoms with Gasteiger partial charge in [-0.15, -0.1) is 0 Å². The monoisotopic (exact) mass is 412 g/mol. The van der Waals surface area contributed by atoms with E-state index in [1.807, 2.05) is 6.07 Å². The van der Waals surface area contributed by atoms with Gasteiger partial charge in [0.1, 0.15) is 0 Å². The van der Waals surface area contributed by atoms with E-state index in [2.05, 4.69) is 24.8 Å². The molecule has 0 aliphatic carbocycles. The summed E-state index contributed by atoms with van der Waals surface area (Å²) in [5.74, 6) is 1.22. The number of guanidine groups is 1. The highest BCUT2D eigenvalue weighted by atomic mass is 19.3. The van der Waals surface area contributed by atoms with E-state index < -0.39 is 6.61 Å². The van der Waals surface area contributed by atoms with E-state index in [-0.39, 0.29) is 5.75 Å². The Morgan fingerprint density at radius 2 is 2.07 bits per heavy atom. The molecule has 0 spiro atoms. The van der Waals surface area contributed by atoms with Crippen molar-refractivity contribution in [3.63, 3.8) is 0 Å². The highest BCUT2D eigenvalue weighted by Crippen LogP contribution is 2.29. The van der Waals surface area contributed by atoms with Crippen molar-refractivity contribution in [2.24, 2.45) is 4.99 Å². The normalized spacial score (nSPS) is 20.9. The third-order valence-electron chi connectivity index (χ3n) is 5.38. The zero-order valence-corrected chi connectivity index (χ0v) is 17.1. The first-order valence-corrected chi connectivity index (χ1v) is 10.00. The number of hydrogen-bond donors (Lipinski definition) is 1. The van der Waals surface area contributed by atoms with Crippen LogP contribution < -0.4 is 14.8 Å². The molecule has 1 unspecified atom stereocenters. The first kappa shape index (κ1) is 21.6. The van der Waals surface area contributed by atoms with Gasteiger partial charge in [-0.1, -0.05) is 6.07 Å². The van der Waals surface area contributed by atoms with E-state index >= 15 is 0 Å². The van der Waals surface area contributed by atoms with Gasteiger partial charge < -0.3 is 24.4 Å². The highest BCUT2D eigenvalue weighted by molar-refractivity contribution is 5.80. The summed E-state index contributed by atoms with van der Waals surface area (Å²) in [7, 11) is 3.21. The highest BCUT2D eigenvalue weighted by Gasteiger charge is 2.30. The van der Waals surface area contributed by atoms with Crippen LogP contribution in [-0.2, 0) is 11.2 Å². The molecule has 1 atom stereocenters. The molecule has 7 nitrogen and oxygen atoms in total. The lowest BCUT2D eigenvalue weighted by Gasteiger charge is -2.32. The molecule has 29 heavy (non-hydrogen) atoms. The maximum Gasteiger partial charge on any atom is 0.387 e. The first-order chi connectivity index (χ1) is 14.1. The van der Waals surface area contributed by atoms with Gasteiger partial charge in [0.05, 0.1) is 20.3 Å². The van der Waals surface area contributed by atoms with E-state index in [1.165, 1.54) is 7.11 Å². The molecule has 9 heteroatoms. The third kappa shape index (κ3) is 5.93. The van der Waals surface area contributed by atoms with Gasteiger partial charge >= 0.3 is 6.61 Å². The van der Waals surface area contributed by atoms with E-state index in [0.717, 1.165) is 57.3 Å². The lowest BCUT2D eigenvalue weighted by atomic mass is 10.1. The molecule has 2 saturated heterocycles. The molecule has 0 bridgehead atoms. The second-order valence-electron chi connectivity index (χ2n) is 7.12. The van der Waals surface area contributed by atoms with Crippen molar-refractivity contribution in [1.29, 1.82) is 0 Å². The van der Waals surface area contributed by atoms with Crippen LogP contribution in [0.25, 0.3) is 0 Å². The van der Waals surface area contributed by atoms with Crippen LogP contribution in [0.4, 0.5) is 8.78 Å². The Morgan fingerprint density at radius 1 is 1.28 bits per heavy atom. The fourth-order valence-corrected chi connectivity index (χ4v) is 3.89. The number of nitrogens with one attached hydrogen (secondary N) is 1. The summed E-state index contributed by atoms with van der Waals surface area (Å²) >= 11 is 0. The van der Waals surface area contributed by atoms with Crippen molar-refractivity contribution in [2.45, 2.75) is 25.5 Å². The summed E-state index contributed by atoms with van der Waals surface area (Å²) in [6.45, 7) is 3.28. The minimum Gasteiger partial charge on any atom is -0.493 e. The number of alkyl halides is 2. The minimum absolute atomic E-state index is 0.0530. The van der Waals surface area contributed by atoms with Crippen molar-refractivity contribution < 1.29 is 23.0 Å². The predicted octanol–water partition coefficient (Wildman–Crippen LogP) is 1.82. The lowest BCUT2D eigenvalue weighted by Crippen LogP contribution is -2.46. The van der Waals surface area contributed by atoms with E-state index in [4.69, 9.17) is 9.47 Å². The molecule has 0 radical (unpaired) electrons. The second kappa shape index (κ2) is 10.6. The summed E-state index contributed by atoms with van der Waals surface area (Å²) in [6.07, 6.45) is 1.77. The Kier molecular flexibility index (Phi) is 7.88. The number of halogens is 2. The van der Waals surface area contributed by atoms with Crippen LogP contribution in [0.2, 0.25) is 0 Å². The first-order valence-electron chi connectivity index (χ1n) is 10.00. The van der Waals surface area contributed by atoms with E-state index in [1.54, 1.807) is 19.2 Å². The van der Waals surface area contributed by atoms with Gasteiger partial charge in [0.2, 0.25) is 0 Å². The van der Waals surface area contributed by atoms with Crippen LogP contribution in [0, 0.1) is 0 Å². The third-order valence-corrected chi connectivity index (χ3v) is 5.38. The molecule has 0 amide bonds. The Bertz CT molecular complexity index is 684. The Morgan fingerprint density at radius 3 is 2.76 bits per heavy atom. The smallest absolute Gasteiger partial charge is 0.387 e. The zero-order valence-electron chi connectivity index (χ0n) is 17.1. The molecule has 2 fully saturated rings. The van der Waals surface area contributed by atoms with Gasteiger partial charge in [-0.05, 0) is 30.5 Å². The number of aliphatic imine (C=N–C) groups is 1.